The van der Waals surface area contributed by atoms with E-state index < -0.39 is 48.3 Å². The van der Waals surface area contributed by atoms with Gasteiger partial charge in [-0.1, -0.05) is 27.7 Å². The minimum absolute atomic E-state index is 0.0389. The normalized spacial score (nSPS) is 14.6. The molecule has 3 atom stereocenters. The van der Waals surface area contributed by atoms with Crippen LogP contribution < -0.4 is 26.6 Å². The smallest absolute Gasteiger partial charge is 0.243 e. The van der Waals surface area contributed by atoms with E-state index in [9.17, 15) is 29.4 Å². The van der Waals surface area contributed by atoms with Gasteiger partial charge in [0, 0.05) is 5.97 Å². The van der Waals surface area contributed by atoms with Gasteiger partial charge in [-0.2, -0.15) is 0 Å². The summed E-state index contributed by atoms with van der Waals surface area (Å²) >= 11 is 0. The fraction of sp³-hybridized carbons (Fsp3) is 0.765. The Balaban J connectivity index is 5.02. The van der Waals surface area contributed by atoms with Gasteiger partial charge < -0.3 is 36.2 Å². The maximum Gasteiger partial charge on any atom is 0.243 e. The van der Waals surface area contributed by atoms with Crippen molar-refractivity contribution in [2.24, 2.45) is 17.6 Å². The number of hydrogen-bond acceptors (Lipinski definition) is 7. The predicted octanol–water partition coefficient (Wildman–Crippen LogP) is -2.34. The van der Waals surface area contributed by atoms with Crippen molar-refractivity contribution in [1.82, 2.24) is 10.6 Å². The van der Waals surface area contributed by atoms with Crippen LogP contribution in [0.5, 0.6) is 0 Å². The number of carboxylic acid groups (broad SMARTS) is 2. The van der Waals surface area contributed by atoms with Crippen molar-refractivity contribution in [2.75, 3.05) is 0 Å². The van der Waals surface area contributed by atoms with Crippen LogP contribution in [0.2, 0.25) is 0 Å². The first kappa shape index (κ1) is 23.8. The predicted molar refractivity (Wildman–Crippen MR) is 90.0 cm³/mol. The molecule has 0 aromatic carbocycles. The highest BCUT2D eigenvalue weighted by atomic mass is 16.4. The number of nitrogens with one attached hydrogen (secondary N) is 2. The van der Waals surface area contributed by atoms with Gasteiger partial charge in [-0.05, 0) is 37.5 Å². The molecule has 9 nitrogen and oxygen atoms in total. The van der Waals surface area contributed by atoms with Gasteiger partial charge in [0.15, 0.2) is 0 Å². The van der Waals surface area contributed by atoms with Crippen molar-refractivity contribution in [1.29, 1.82) is 0 Å². The monoisotopic (exact) mass is 371 g/mol. The van der Waals surface area contributed by atoms with Crippen LogP contribution in [0.4, 0.5) is 0 Å². The number of aliphatic carboxylic acids is 2. The first-order valence-corrected chi connectivity index (χ1v) is 8.71. The number of rotatable bonds is 12. The second kappa shape index (κ2) is 11.5. The van der Waals surface area contributed by atoms with E-state index in [1.165, 1.54) is 0 Å². The largest absolute Gasteiger partial charge is 0.550 e. The zero-order valence-electron chi connectivity index (χ0n) is 15.7. The van der Waals surface area contributed by atoms with Gasteiger partial charge in [-0.25, -0.2) is 0 Å². The van der Waals surface area contributed by atoms with Crippen molar-refractivity contribution in [2.45, 2.75) is 71.5 Å². The molecule has 0 rings (SSSR count). The maximum atomic E-state index is 12.4. The molecule has 0 aromatic heterocycles. The summed E-state index contributed by atoms with van der Waals surface area (Å²) in [7, 11) is 0. The van der Waals surface area contributed by atoms with E-state index in [1.54, 1.807) is 0 Å². The Morgan fingerprint density at radius 1 is 0.846 bits per heavy atom. The number of nitrogens with two attached hydrogens (primary N) is 1. The molecule has 0 aliphatic carbocycles. The van der Waals surface area contributed by atoms with E-state index in [1.807, 2.05) is 27.7 Å². The molecule has 0 aromatic rings. The summed E-state index contributed by atoms with van der Waals surface area (Å²) in [6.07, 6.45) is -0.202. The zero-order chi connectivity index (χ0) is 20.4. The van der Waals surface area contributed by atoms with Gasteiger partial charge >= 0.3 is 0 Å². The summed E-state index contributed by atoms with van der Waals surface area (Å²) in [5.41, 5.74) is 5.81. The summed E-state index contributed by atoms with van der Waals surface area (Å²) in [4.78, 5) is 46.2. The van der Waals surface area contributed by atoms with Gasteiger partial charge in [0.2, 0.25) is 11.8 Å². The summed E-state index contributed by atoms with van der Waals surface area (Å²) in [6.45, 7) is 7.50. The quantitative estimate of drug-likeness (QED) is 0.346. The standard InChI is InChI=1S/C17H31N3O6/c1-9(2)7-11(18)15(23)20-13(8-10(3)4)16(24)19-12(17(25)26)5-6-14(21)22/h9-13H,5-8,18H2,1-4H3,(H,19,24)(H,20,23)(H,21,22)(H,25,26)/p-2. The minimum atomic E-state index is -1.61. The summed E-state index contributed by atoms with van der Waals surface area (Å²) in [5.74, 6) is -4.03. The summed E-state index contributed by atoms with van der Waals surface area (Å²) in [5, 5.41) is 26.3. The van der Waals surface area contributed by atoms with Crippen LogP contribution in [-0.2, 0) is 19.2 Å². The van der Waals surface area contributed by atoms with Crippen LogP contribution in [0, 0.1) is 11.8 Å². The van der Waals surface area contributed by atoms with Crippen LogP contribution in [-0.4, -0.2) is 41.9 Å². The van der Waals surface area contributed by atoms with E-state index in [0.29, 0.717) is 6.42 Å². The zero-order valence-corrected chi connectivity index (χ0v) is 15.7. The third-order valence-electron chi connectivity index (χ3n) is 3.64. The van der Waals surface area contributed by atoms with Gasteiger partial charge in [-0.3, -0.25) is 9.59 Å². The molecule has 0 aliphatic heterocycles. The lowest BCUT2D eigenvalue weighted by Gasteiger charge is -2.26. The summed E-state index contributed by atoms with van der Waals surface area (Å²) in [6, 6.07) is -3.26. The van der Waals surface area contributed by atoms with Crippen molar-refractivity contribution >= 4 is 23.8 Å². The van der Waals surface area contributed by atoms with Crippen LogP contribution in [0.1, 0.15) is 53.4 Å². The Hall–Kier alpha value is -2.16. The van der Waals surface area contributed by atoms with Crippen LogP contribution in [0.15, 0.2) is 0 Å². The SMILES string of the molecule is CC(C)CC(N)C(=O)NC(CC(C)C)C(=O)NC(CCC(=O)[O-])C(=O)[O-]. The topological polar surface area (TPSA) is 164 Å². The van der Waals surface area contributed by atoms with Crippen LogP contribution in [0.25, 0.3) is 0 Å². The molecule has 4 N–H and O–H groups in total. The highest BCUT2D eigenvalue weighted by Crippen LogP contribution is 2.08. The Morgan fingerprint density at radius 3 is 1.77 bits per heavy atom. The highest BCUT2D eigenvalue weighted by Gasteiger charge is 2.26. The molecular weight excluding hydrogens is 342 g/mol. The van der Waals surface area contributed by atoms with Crippen molar-refractivity contribution in [3.05, 3.63) is 0 Å². The van der Waals surface area contributed by atoms with Crippen molar-refractivity contribution in [3.63, 3.8) is 0 Å². The number of hydrogen-bond donors (Lipinski definition) is 3. The molecule has 0 saturated carbocycles. The molecule has 0 fully saturated rings. The molecule has 9 heteroatoms. The summed E-state index contributed by atoms with van der Waals surface area (Å²) < 4.78 is 0. The van der Waals surface area contributed by atoms with E-state index in [2.05, 4.69) is 10.6 Å². The molecule has 0 bridgehead atoms. The molecule has 2 amide bonds. The van der Waals surface area contributed by atoms with Crippen molar-refractivity contribution < 1.29 is 29.4 Å². The fourth-order valence-electron chi connectivity index (χ4n) is 2.38. The second-order valence-electron chi connectivity index (χ2n) is 7.22. The molecular formula is C17H29N3O6-2. The first-order valence-electron chi connectivity index (χ1n) is 8.71. The van der Waals surface area contributed by atoms with Crippen LogP contribution in [0.3, 0.4) is 0 Å². The van der Waals surface area contributed by atoms with E-state index in [0.717, 1.165) is 0 Å². The lowest BCUT2D eigenvalue weighted by atomic mass is 10.00. The highest BCUT2D eigenvalue weighted by molar-refractivity contribution is 5.91. The van der Waals surface area contributed by atoms with Crippen molar-refractivity contribution in [3.8, 4) is 0 Å². The molecule has 0 radical (unpaired) electrons. The lowest BCUT2D eigenvalue weighted by Crippen LogP contribution is -2.56. The number of carbonyl (C=O) groups excluding carboxylic acids is 4. The average Bonchev–Trinajstić information content (AvgIpc) is 2.48. The van der Waals surface area contributed by atoms with E-state index in [4.69, 9.17) is 5.73 Å². The molecule has 0 aliphatic rings. The second-order valence-corrected chi connectivity index (χ2v) is 7.22. The molecule has 0 heterocycles. The first-order chi connectivity index (χ1) is 11.9. The van der Waals surface area contributed by atoms with Crippen LogP contribution >= 0.6 is 0 Å². The van der Waals surface area contributed by atoms with E-state index in [-0.39, 0.29) is 24.7 Å². The number of amides is 2. The Bertz CT molecular complexity index is 507. The third kappa shape index (κ3) is 9.97. The third-order valence-corrected chi connectivity index (χ3v) is 3.64. The number of carbonyl (C=O) groups is 4. The fourth-order valence-corrected chi connectivity index (χ4v) is 2.38. The lowest BCUT2D eigenvalue weighted by molar-refractivity contribution is -0.310. The maximum absolute atomic E-state index is 12.4. The van der Waals surface area contributed by atoms with E-state index >= 15 is 0 Å². The molecule has 0 spiro atoms. The van der Waals surface area contributed by atoms with Gasteiger partial charge in [-0.15, -0.1) is 0 Å². The molecule has 150 valence electrons. The molecule has 3 unspecified atom stereocenters. The Morgan fingerprint density at radius 2 is 1.35 bits per heavy atom. The number of carboxylic acids is 2. The minimum Gasteiger partial charge on any atom is -0.550 e. The molecule has 26 heavy (non-hydrogen) atoms. The Kier molecular flexibility index (Phi) is 10.5. The van der Waals surface area contributed by atoms with Gasteiger partial charge in [0.25, 0.3) is 0 Å². The molecule has 0 saturated heterocycles. The Labute approximate surface area is 153 Å². The van der Waals surface area contributed by atoms with Gasteiger partial charge in [0.05, 0.1) is 18.1 Å². The van der Waals surface area contributed by atoms with Gasteiger partial charge in [0.1, 0.15) is 6.04 Å². The average molecular weight is 371 g/mol.